The van der Waals surface area contributed by atoms with Crippen molar-refractivity contribution in [1.82, 2.24) is 9.55 Å². The molecule has 1 heterocycles. The van der Waals surface area contributed by atoms with Crippen molar-refractivity contribution in [2.45, 2.75) is 78.7 Å². The van der Waals surface area contributed by atoms with E-state index in [1.165, 1.54) is 51.4 Å². The zero-order chi connectivity index (χ0) is 13.3. The predicted molar refractivity (Wildman–Crippen MR) is 78.6 cm³/mol. The molecule has 0 fully saturated rings. The molecular weight excluding hydrogens is 220 g/mol. The quantitative estimate of drug-likeness (QED) is 0.561. The van der Waals surface area contributed by atoms with Crippen molar-refractivity contribution in [3.63, 3.8) is 0 Å². The van der Waals surface area contributed by atoms with E-state index in [9.17, 15) is 0 Å². The molecule has 0 amide bonds. The first-order valence-electron chi connectivity index (χ1n) is 7.54. The highest BCUT2D eigenvalue weighted by Crippen LogP contribution is 2.22. The first-order chi connectivity index (χ1) is 8.58. The number of unbranched alkanes of at least 4 members (excludes halogenated alkanes) is 6. The van der Waals surface area contributed by atoms with E-state index >= 15 is 0 Å². The van der Waals surface area contributed by atoms with Gasteiger partial charge in [-0.15, -0.1) is 0 Å². The molecular formula is C16H30N2. The third-order valence-corrected chi connectivity index (χ3v) is 3.40. The van der Waals surface area contributed by atoms with Gasteiger partial charge in [0.1, 0.15) is 0 Å². The van der Waals surface area contributed by atoms with E-state index in [1.807, 2.05) is 18.7 Å². The Morgan fingerprint density at radius 1 is 0.889 bits per heavy atom. The number of hydrogen-bond donors (Lipinski definition) is 0. The van der Waals surface area contributed by atoms with Crippen LogP contribution in [0.3, 0.4) is 0 Å². The normalized spacial score (nSPS) is 11.9. The van der Waals surface area contributed by atoms with E-state index in [1.54, 1.807) is 0 Å². The minimum absolute atomic E-state index is 0.519. The summed E-state index contributed by atoms with van der Waals surface area (Å²) in [7, 11) is 0. The molecule has 104 valence electrons. The Kier molecular flexibility index (Phi) is 7.07. The van der Waals surface area contributed by atoms with Gasteiger partial charge in [-0.1, -0.05) is 59.3 Å². The highest BCUT2D eigenvalue weighted by Gasteiger charge is 2.08. The highest BCUT2D eigenvalue weighted by molar-refractivity contribution is 4.73. The van der Waals surface area contributed by atoms with Crippen molar-refractivity contribution >= 4 is 0 Å². The fourth-order valence-electron chi connectivity index (χ4n) is 2.25. The Balaban J connectivity index is 1.82. The summed E-state index contributed by atoms with van der Waals surface area (Å²) in [6.45, 7) is 8.14. The summed E-state index contributed by atoms with van der Waals surface area (Å²) in [5.74, 6) is 0. The van der Waals surface area contributed by atoms with E-state index < -0.39 is 0 Å². The van der Waals surface area contributed by atoms with Crippen LogP contribution >= 0.6 is 0 Å². The van der Waals surface area contributed by atoms with E-state index in [2.05, 4.69) is 30.3 Å². The predicted octanol–water partition coefficient (Wildman–Crippen LogP) is 5.05. The van der Waals surface area contributed by atoms with Gasteiger partial charge in [-0.05, 0) is 18.3 Å². The first kappa shape index (κ1) is 15.3. The van der Waals surface area contributed by atoms with Gasteiger partial charge in [0.2, 0.25) is 0 Å². The topological polar surface area (TPSA) is 17.8 Å². The number of rotatable bonds is 9. The molecule has 0 saturated carbocycles. The van der Waals surface area contributed by atoms with Crippen LogP contribution in [0.15, 0.2) is 18.7 Å². The van der Waals surface area contributed by atoms with E-state index in [0.29, 0.717) is 5.41 Å². The molecule has 2 heteroatoms. The monoisotopic (exact) mass is 250 g/mol. The molecule has 0 atom stereocenters. The largest absolute Gasteiger partial charge is 0.337 e. The lowest BCUT2D eigenvalue weighted by Crippen LogP contribution is -2.03. The number of aromatic nitrogens is 2. The molecule has 0 aromatic carbocycles. The van der Waals surface area contributed by atoms with E-state index in [-0.39, 0.29) is 0 Å². The Bertz CT molecular complexity index is 283. The molecule has 0 bridgehead atoms. The summed E-state index contributed by atoms with van der Waals surface area (Å²) >= 11 is 0. The van der Waals surface area contributed by atoms with E-state index in [4.69, 9.17) is 0 Å². The van der Waals surface area contributed by atoms with E-state index in [0.717, 1.165) is 6.54 Å². The zero-order valence-electron chi connectivity index (χ0n) is 12.5. The van der Waals surface area contributed by atoms with Gasteiger partial charge >= 0.3 is 0 Å². The van der Waals surface area contributed by atoms with Gasteiger partial charge in [0.05, 0.1) is 6.33 Å². The van der Waals surface area contributed by atoms with Gasteiger partial charge in [0.25, 0.3) is 0 Å². The molecule has 0 aliphatic heterocycles. The van der Waals surface area contributed by atoms with Crippen LogP contribution in [-0.4, -0.2) is 9.55 Å². The molecule has 1 aromatic heterocycles. The number of hydrogen-bond acceptors (Lipinski definition) is 1. The molecule has 0 radical (unpaired) electrons. The summed E-state index contributed by atoms with van der Waals surface area (Å²) < 4.78 is 2.17. The van der Waals surface area contributed by atoms with Crippen LogP contribution in [0.1, 0.15) is 72.1 Å². The van der Waals surface area contributed by atoms with Gasteiger partial charge in [-0.3, -0.25) is 0 Å². The third-order valence-electron chi connectivity index (χ3n) is 3.40. The second kappa shape index (κ2) is 8.34. The van der Waals surface area contributed by atoms with Crippen molar-refractivity contribution in [3.05, 3.63) is 18.7 Å². The molecule has 0 saturated heterocycles. The number of aryl methyl sites for hydroxylation is 1. The van der Waals surface area contributed by atoms with Gasteiger partial charge in [0, 0.05) is 18.9 Å². The van der Waals surface area contributed by atoms with Crippen molar-refractivity contribution in [2.24, 2.45) is 5.41 Å². The van der Waals surface area contributed by atoms with Crippen LogP contribution in [-0.2, 0) is 6.54 Å². The van der Waals surface area contributed by atoms with Gasteiger partial charge in [-0.2, -0.15) is 0 Å². The fraction of sp³-hybridized carbons (Fsp3) is 0.812. The lowest BCUT2D eigenvalue weighted by molar-refractivity contribution is 0.356. The van der Waals surface area contributed by atoms with Crippen molar-refractivity contribution in [3.8, 4) is 0 Å². The third kappa shape index (κ3) is 8.32. The molecule has 1 aromatic rings. The average Bonchev–Trinajstić information content (AvgIpc) is 2.78. The lowest BCUT2D eigenvalue weighted by Gasteiger charge is -2.17. The van der Waals surface area contributed by atoms with Crippen LogP contribution in [0.4, 0.5) is 0 Å². The maximum Gasteiger partial charge on any atom is 0.0945 e. The molecule has 18 heavy (non-hydrogen) atoms. The van der Waals surface area contributed by atoms with Crippen molar-refractivity contribution in [2.75, 3.05) is 0 Å². The number of imidazole rings is 1. The second-order valence-corrected chi connectivity index (χ2v) is 6.59. The molecule has 0 N–H and O–H groups in total. The minimum Gasteiger partial charge on any atom is -0.337 e. The van der Waals surface area contributed by atoms with Crippen LogP contribution < -0.4 is 0 Å². The average molecular weight is 250 g/mol. The summed E-state index contributed by atoms with van der Waals surface area (Å²) in [4.78, 5) is 4.05. The number of nitrogens with zero attached hydrogens (tertiary/aromatic N) is 2. The summed E-state index contributed by atoms with van der Waals surface area (Å²) in [5.41, 5.74) is 0.519. The maximum atomic E-state index is 4.05. The summed E-state index contributed by atoms with van der Waals surface area (Å²) in [6.07, 6.45) is 16.9. The molecule has 1 rings (SSSR count). The molecule has 0 aliphatic carbocycles. The lowest BCUT2D eigenvalue weighted by atomic mass is 9.89. The summed E-state index contributed by atoms with van der Waals surface area (Å²) in [6, 6.07) is 0. The van der Waals surface area contributed by atoms with Gasteiger partial charge in [0.15, 0.2) is 0 Å². The zero-order valence-corrected chi connectivity index (χ0v) is 12.5. The Labute approximate surface area is 113 Å². The molecule has 0 aliphatic rings. The smallest absolute Gasteiger partial charge is 0.0945 e. The summed E-state index contributed by atoms with van der Waals surface area (Å²) in [5, 5.41) is 0. The minimum atomic E-state index is 0.519. The Hall–Kier alpha value is -0.790. The second-order valence-electron chi connectivity index (χ2n) is 6.59. The maximum absolute atomic E-state index is 4.05. The molecule has 0 spiro atoms. The Morgan fingerprint density at radius 3 is 2.06 bits per heavy atom. The molecule has 0 unspecified atom stereocenters. The SMILES string of the molecule is CC(C)(C)CCCCCCCCCn1ccnc1. The van der Waals surface area contributed by atoms with Crippen LogP contribution in [0, 0.1) is 5.41 Å². The van der Waals surface area contributed by atoms with Gasteiger partial charge < -0.3 is 4.57 Å². The first-order valence-corrected chi connectivity index (χ1v) is 7.54. The van der Waals surface area contributed by atoms with Crippen LogP contribution in [0.5, 0.6) is 0 Å². The highest BCUT2D eigenvalue weighted by atomic mass is 15.0. The van der Waals surface area contributed by atoms with Gasteiger partial charge in [-0.25, -0.2) is 4.98 Å². The van der Waals surface area contributed by atoms with Crippen molar-refractivity contribution < 1.29 is 0 Å². The van der Waals surface area contributed by atoms with Crippen LogP contribution in [0.25, 0.3) is 0 Å². The fourth-order valence-corrected chi connectivity index (χ4v) is 2.25. The standard InChI is InChI=1S/C16H30N2/c1-16(2,3)11-9-7-5-4-6-8-10-13-18-14-12-17-15-18/h12,14-15H,4-11,13H2,1-3H3. The van der Waals surface area contributed by atoms with Crippen LogP contribution in [0.2, 0.25) is 0 Å². The molecule has 2 nitrogen and oxygen atoms in total. The Morgan fingerprint density at radius 2 is 1.50 bits per heavy atom. The van der Waals surface area contributed by atoms with Crippen molar-refractivity contribution in [1.29, 1.82) is 0 Å².